The number of aryl methyl sites for hydroxylation is 1. The van der Waals surface area contributed by atoms with E-state index in [0.717, 1.165) is 5.56 Å². The Kier molecular flexibility index (Phi) is 6.71. The molecule has 2 amide bonds. The normalized spacial score (nSPS) is 12.6. The van der Waals surface area contributed by atoms with Gasteiger partial charge in [-0.1, -0.05) is 30.3 Å². The Labute approximate surface area is 164 Å². The van der Waals surface area contributed by atoms with Crippen molar-refractivity contribution in [2.24, 2.45) is 5.14 Å². The number of benzene rings is 2. The Morgan fingerprint density at radius 1 is 1.11 bits per heavy atom. The molecule has 0 heterocycles. The number of hydrogen-bond donors (Lipinski definition) is 3. The highest BCUT2D eigenvalue weighted by Gasteiger charge is 2.18. The van der Waals surface area contributed by atoms with Crippen molar-refractivity contribution in [2.75, 3.05) is 5.32 Å². The smallest absolute Gasteiger partial charge is 0.246 e. The van der Waals surface area contributed by atoms with Crippen LogP contribution < -0.4 is 15.8 Å². The summed E-state index contributed by atoms with van der Waals surface area (Å²) in [6, 6.07) is 11.2. The summed E-state index contributed by atoms with van der Waals surface area (Å²) in [5.74, 6) is -0.895. The molecule has 2 aromatic carbocycles. The maximum absolute atomic E-state index is 12.4. The molecule has 0 aliphatic rings. The van der Waals surface area contributed by atoms with E-state index in [9.17, 15) is 18.0 Å². The lowest BCUT2D eigenvalue weighted by Crippen LogP contribution is -2.41. The summed E-state index contributed by atoms with van der Waals surface area (Å²) in [4.78, 5) is 24.3. The topological polar surface area (TPSA) is 118 Å². The van der Waals surface area contributed by atoms with E-state index in [1.165, 1.54) is 25.1 Å². The van der Waals surface area contributed by atoms with Crippen molar-refractivity contribution < 1.29 is 18.0 Å². The molecule has 0 radical (unpaired) electrons. The Hall–Kier alpha value is -2.97. The van der Waals surface area contributed by atoms with Crippen LogP contribution in [-0.4, -0.2) is 26.3 Å². The first-order valence-electron chi connectivity index (χ1n) is 8.56. The number of anilines is 1. The van der Waals surface area contributed by atoms with Gasteiger partial charge in [-0.3, -0.25) is 9.59 Å². The third kappa shape index (κ3) is 5.77. The van der Waals surface area contributed by atoms with E-state index in [-0.39, 0.29) is 4.90 Å². The number of sulfonamides is 1. The molecule has 148 valence electrons. The first-order chi connectivity index (χ1) is 13.1. The van der Waals surface area contributed by atoms with Crippen molar-refractivity contribution in [2.45, 2.75) is 31.7 Å². The molecule has 0 unspecified atom stereocenters. The van der Waals surface area contributed by atoms with Crippen LogP contribution >= 0.6 is 0 Å². The van der Waals surface area contributed by atoms with Crippen LogP contribution in [0, 0.1) is 13.8 Å². The van der Waals surface area contributed by atoms with Crippen LogP contribution in [0.15, 0.2) is 53.4 Å². The Morgan fingerprint density at radius 2 is 1.75 bits per heavy atom. The summed E-state index contributed by atoms with van der Waals surface area (Å²) in [6.45, 7) is 5.01. The van der Waals surface area contributed by atoms with Crippen LogP contribution in [0.4, 0.5) is 5.69 Å². The predicted octanol–water partition coefficient (Wildman–Crippen LogP) is 2.11. The summed E-state index contributed by atoms with van der Waals surface area (Å²) in [7, 11) is -3.90. The maximum atomic E-state index is 12.4. The molecule has 0 spiro atoms. The van der Waals surface area contributed by atoms with Crippen molar-refractivity contribution in [1.29, 1.82) is 0 Å². The number of hydrogen-bond acceptors (Lipinski definition) is 4. The van der Waals surface area contributed by atoms with E-state index < -0.39 is 27.9 Å². The number of rotatable bonds is 6. The highest BCUT2D eigenvalue weighted by molar-refractivity contribution is 7.89. The molecule has 2 rings (SSSR count). The fourth-order valence-electron chi connectivity index (χ4n) is 2.42. The molecule has 0 fully saturated rings. The van der Waals surface area contributed by atoms with E-state index in [0.29, 0.717) is 16.8 Å². The average Bonchev–Trinajstić information content (AvgIpc) is 2.63. The van der Waals surface area contributed by atoms with Crippen LogP contribution in [0.25, 0.3) is 6.08 Å². The fourth-order valence-corrected chi connectivity index (χ4v) is 3.05. The zero-order valence-corrected chi connectivity index (χ0v) is 16.7. The second kappa shape index (κ2) is 8.81. The first kappa shape index (κ1) is 21.3. The molecule has 0 bridgehead atoms. The predicted molar refractivity (Wildman–Crippen MR) is 109 cm³/mol. The van der Waals surface area contributed by atoms with Crippen LogP contribution in [-0.2, 0) is 19.6 Å². The molecule has 2 aromatic rings. The minimum Gasteiger partial charge on any atom is -0.341 e. The lowest BCUT2D eigenvalue weighted by Gasteiger charge is -2.16. The number of carbonyl (C=O) groups excluding carboxylic acids is 2. The lowest BCUT2D eigenvalue weighted by atomic mass is 10.1. The minimum atomic E-state index is -3.90. The molecule has 1 atom stereocenters. The van der Waals surface area contributed by atoms with Gasteiger partial charge in [0.1, 0.15) is 6.04 Å². The largest absolute Gasteiger partial charge is 0.341 e. The van der Waals surface area contributed by atoms with E-state index in [2.05, 4.69) is 10.6 Å². The number of nitrogens with two attached hydrogens (primary N) is 1. The molecular formula is C20H23N3O4S. The highest BCUT2D eigenvalue weighted by Crippen LogP contribution is 2.23. The average molecular weight is 401 g/mol. The Balaban J connectivity index is 2.07. The molecule has 0 aromatic heterocycles. The molecule has 28 heavy (non-hydrogen) atoms. The number of nitrogens with one attached hydrogen (secondary N) is 2. The van der Waals surface area contributed by atoms with Crippen LogP contribution in [0.1, 0.15) is 23.6 Å². The zero-order chi connectivity index (χ0) is 20.9. The second-order valence-corrected chi connectivity index (χ2v) is 7.98. The zero-order valence-electron chi connectivity index (χ0n) is 15.9. The SMILES string of the molecule is Cc1cc(S(N)(=O)=O)cc(NC(=O)[C@H](C)NC(=O)/C=C/c2ccccc2)c1C. The lowest BCUT2D eigenvalue weighted by molar-refractivity contribution is -0.123. The molecule has 0 aliphatic heterocycles. The van der Waals surface area contributed by atoms with Crippen LogP contribution in [0.3, 0.4) is 0 Å². The van der Waals surface area contributed by atoms with Gasteiger partial charge in [0.2, 0.25) is 21.8 Å². The van der Waals surface area contributed by atoms with Crippen molar-refractivity contribution >= 4 is 33.6 Å². The van der Waals surface area contributed by atoms with Crippen molar-refractivity contribution in [3.63, 3.8) is 0 Å². The fraction of sp³-hybridized carbons (Fsp3) is 0.200. The van der Waals surface area contributed by atoms with Gasteiger partial charge in [-0.25, -0.2) is 13.6 Å². The Morgan fingerprint density at radius 3 is 2.36 bits per heavy atom. The van der Waals surface area contributed by atoms with Gasteiger partial charge >= 0.3 is 0 Å². The van der Waals surface area contributed by atoms with Gasteiger partial charge in [-0.2, -0.15) is 0 Å². The van der Waals surface area contributed by atoms with E-state index in [1.807, 2.05) is 30.3 Å². The molecule has 0 saturated heterocycles. The number of amides is 2. The summed E-state index contributed by atoms with van der Waals surface area (Å²) in [6.07, 6.45) is 2.99. The van der Waals surface area contributed by atoms with Gasteiger partial charge in [0.25, 0.3) is 0 Å². The number of carbonyl (C=O) groups is 2. The van der Waals surface area contributed by atoms with Crippen molar-refractivity contribution in [3.05, 3.63) is 65.2 Å². The van der Waals surface area contributed by atoms with Gasteiger partial charge in [-0.05, 0) is 55.7 Å². The van der Waals surface area contributed by atoms with Gasteiger partial charge in [0, 0.05) is 11.8 Å². The highest BCUT2D eigenvalue weighted by atomic mass is 32.2. The second-order valence-electron chi connectivity index (χ2n) is 6.42. The monoisotopic (exact) mass is 401 g/mol. The van der Waals surface area contributed by atoms with Gasteiger partial charge in [0.05, 0.1) is 4.90 Å². The van der Waals surface area contributed by atoms with E-state index >= 15 is 0 Å². The van der Waals surface area contributed by atoms with Gasteiger partial charge in [0.15, 0.2) is 0 Å². The molecule has 7 nitrogen and oxygen atoms in total. The van der Waals surface area contributed by atoms with Gasteiger partial charge < -0.3 is 10.6 Å². The van der Waals surface area contributed by atoms with Crippen LogP contribution in [0.2, 0.25) is 0 Å². The first-order valence-corrected chi connectivity index (χ1v) is 10.1. The molecule has 8 heteroatoms. The maximum Gasteiger partial charge on any atom is 0.246 e. The van der Waals surface area contributed by atoms with Gasteiger partial charge in [-0.15, -0.1) is 0 Å². The van der Waals surface area contributed by atoms with Crippen LogP contribution in [0.5, 0.6) is 0 Å². The third-order valence-electron chi connectivity index (χ3n) is 4.21. The molecule has 4 N–H and O–H groups in total. The molecule has 0 aliphatic carbocycles. The standard InChI is InChI=1S/C20H23N3O4S/c1-13-11-17(28(21,26)27)12-18(14(13)2)23-20(25)15(3)22-19(24)10-9-16-7-5-4-6-8-16/h4-12,15H,1-3H3,(H,22,24)(H,23,25)(H2,21,26,27)/b10-9+/t15-/m0/s1. The third-order valence-corrected chi connectivity index (χ3v) is 5.10. The Bertz CT molecular complexity index is 1020. The minimum absolute atomic E-state index is 0.0895. The quantitative estimate of drug-likeness (QED) is 0.642. The molecular weight excluding hydrogens is 378 g/mol. The summed E-state index contributed by atoms with van der Waals surface area (Å²) in [5.41, 5.74) is 2.57. The number of primary sulfonamides is 1. The van der Waals surface area contributed by atoms with Crippen molar-refractivity contribution in [1.82, 2.24) is 5.32 Å². The van der Waals surface area contributed by atoms with Crippen molar-refractivity contribution in [3.8, 4) is 0 Å². The van der Waals surface area contributed by atoms with E-state index in [1.54, 1.807) is 19.9 Å². The summed E-state index contributed by atoms with van der Waals surface area (Å²) >= 11 is 0. The summed E-state index contributed by atoms with van der Waals surface area (Å²) < 4.78 is 23.2. The molecule has 0 saturated carbocycles. The summed E-state index contributed by atoms with van der Waals surface area (Å²) in [5, 5.41) is 10.4. The van der Waals surface area contributed by atoms with E-state index in [4.69, 9.17) is 5.14 Å².